The summed E-state index contributed by atoms with van der Waals surface area (Å²) in [6, 6.07) is 22.1. The van der Waals surface area contributed by atoms with E-state index in [0.717, 1.165) is 17.2 Å². The molecule has 3 aromatic rings. The van der Waals surface area contributed by atoms with Gasteiger partial charge in [0.2, 0.25) is 5.91 Å². The van der Waals surface area contributed by atoms with E-state index in [9.17, 15) is 4.79 Å². The molecule has 128 valence electrons. The SMILES string of the molecule is CCOc1ccc(NC(=O)CSCc2cccc3ccccc23)cc1. The van der Waals surface area contributed by atoms with Crippen LogP contribution in [0.2, 0.25) is 0 Å². The van der Waals surface area contributed by atoms with E-state index in [1.165, 1.54) is 16.3 Å². The van der Waals surface area contributed by atoms with Gasteiger partial charge >= 0.3 is 0 Å². The highest BCUT2D eigenvalue weighted by atomic mass is 32.2. The van der Waals surface area contributed by atoms with Crippen LogP contribution in [-0.4, -0.2) is 18.3 Å². The molecule has 0 radical (unpaired) electrons. The van der Waals surface area contributed by atoms with Crippen LogP contribution in [0.25, 0.3) is 10.8 Å². The van der Waals surface area contributed by atoms with Crippen molar-refractivity contribution in [1.29, 1.82) is 0 Å². The van der Waals surface area contributed by atoms with E-state index in [0.29, 0.717) is 12.4 Å². The zero-order valence-electron chi connectivity index (χ0n) is 14.2. The molecule has 0 spiro atoms. The quantitative estimate of drug-likeness (QED) is 0.643. The second-order valence-corrected chi connectivity index (χ2v) is 6.62. The summed E-state index contributed by atoms with van der Waals surface area (Å²) in [6.45, 7) is 2.58. The molecular weight excluding hydrogens is 330 g/mol. The number of thioether (sulfide) groups is 1. The van der Waals surface area contributed by atoms with Crippen LogP contribution < -0.4 is 10.1 Å². The van der Waals surface area contributed by atoms with Crippen molar-refractivity contribution in [1.82, 2.24) is 0 Å². The van der Waals surface area contributed by atoms with Crippen molar-refractivity contribution in [3.05, 3.63) is 72.3 Å². The summed E-state index contributed by atoms with van der Waals surface area (Å²) in [5.41, 5.74) is 2.05. The monoisotopic (exact) mass is 351 g/mol. The van der Waals surface area contributed by atoms with Crippen LogP contribution in [0.3, 0.4) is 0 Å². The van der Waals surface area contributed by atoms with Crippen LogP contribution in [0.5, 0.6) is 5.75 Å². The first-order valence-electron chi connectivity index (χ1n) is 8.33. The molecule has 0 fully saturated rings. The summed E-state index contributed by atoms with van der Waals surface area (Å²) >= 11 is 1.62. The molecule has 0 aliphatic heterocycles. The highest BCUT2D eigenvalue weighted by Gasteiger charge is 2.05. The second kappa shape index (κ2) is 8.58. The minimum atomic E-state index is 0.00870. The van der Waals surface area contributed by atoms with Crippen molar-refractivity contribution < 1.29 is 9.53 Å². The van der Waals surface area contributed by atoms with Crippen LogP contribution in [0.1, 0.15) is 12.5 Å². The summed E-state index contributed by atoms with van der Waals surface area (Å²) < 4.78 is 5.40. The zero-order valence-corrected chi connectivity index (χ0v) is 15.0. The number of fused-ring (bicyclic) bond motifs is 1. The molecule has 0 bridgehead atoms. The molecule has 0 heterocycles. The van der Waals surface area contributed by atoms with Crippen molar-refractivity contribution in [3.8, 4) is 5.75 Å². The predicted octanol–water partition coefficient (Wildman–Crippen LogP) is 5.11. The molecular formula is C21H21NO2S. The average Bonchev–Trinajstić information content (AvgIpc) is 2.64. The Morgan fingerprint density at radius 2 is 1.76 bits per heavy atom. The standard InChI is InChI=1S/C21H21NO2S/c1-2-24-19-12-10-18(11-13-19)22-21(23)15-25-14-17-8-5-7-16-6-3-4-9-20(16)17/h3-13H,2,14-15H2,1H3,(H,22,23). The Labute approximate surface area is 152 Å². The van der Waals surface area contributed by atoms with E-state index in [4.69, 9.17) is 4.74 Å². The van der Waals surface area contributed by atoms with Gasteiger partial charge in [0.25, 0.3) is 0 Å². The van der Waals surface area contributed by atoms with Crippen molar-refractivity contribution in [3.63, 3.8) is 0 Å². The molecule has 3 nitrogen and oxygen atoms in total. The smallest absolute Gasteiger partial charge is 0.234 e. The Kier molecular flexibility index (Phi) is 5.96. The Balaban J connectivity index is 1.52. The minimum absolute atomic E-state index is 0.00870. The second-order valence-electron chi connectivity index (χ2n) is 5.64. The van der Waals surface area contributed by atoms with Gasteiger partial charge < -0.3 is 10.1 Å². The van der Waals surface area contributed by atoms with Gasteiger partial charge in [0.05, 0.1) is 12.4 Å². The molecule has 4 heteroatoms. The van der Waals surface area contributed by atoms with Crippen LogP contribution >= 0.6 is 11.8 Å². The Morgan fingerprint density at radius 3 is 2.56 bits per heavy atom. The third kappa shape index (κ3) is 4.77. The zero-order chi connectivity index (χ0) is 17.5. The lowest BCUT2D eigenvalue weighted by molar-refractivity contribution is -0.113. The van der Waals surface area contributed by atoms with Gasteiger partial charge in [-0.2, -0.15) is 0 Å². The van der Waals surface area contributed by atoms with Gasteiger partial charge in [-0.25, -0.2) is 0 Å². The molecule has 1 N–H and O–H groups in total. The normalized spacial score (nSPS) is 10.6. The summed E-state index contributed by atoms with van der Waals surface area (Å²) in [5, 5.41) is 5.41. The first-order valence-corrected chi connectivity index (χ1v) is 9.49. The van der Waals surface area contributed by atoms with Gasteiger partial charge in [0.15, 0.2) is 0 Å². The molecule has 3 aromatic carbocycles. The maximum absolute atomic E-state index is 12.1. The fourth-order valence-corrected chi connectivity index (χ4v) is 3.50. The first kappa shape index (κ1) is 17.4. The largest absolute Gasteiger partial charge is 0.494 e. The summed E-state index contributed by atoms with van der Waals surface area (Å²) in [7, 11) is 0. The molecule has 0 atom stereocenters. The summed E-state index contributed by atoms with van der Waals surface area (Å²) in [6.07, 6.45) is 0. The molecule has 1 amide bonds. The molecule has 0 aliphatic carbocycles. The lowest BCUT2D eigenvalue weighted by Gasteiger charge is -2.08. The highest BCUT2D eigenvalue weighted by molar-refractivity contribution is 7.99. The van der Waals surface area contributed by atoms with Crippen LogP contribution in [0.4, 0.5) is 5.69 Å². The van der Waals surface area contributed by atoms with Crippen LogP contribution in [0, 0.1) is 0 Å². The van der Waals surface area contributed by atoms with Gasteiger partial charge in [-0.3, -0.25) is 4.79 Å². The molecule has 0 saturated heterocycles. The lowest BCUT2D eigenvalue weighted by atomic mass is 10.1. The van der Waals surface area contributed by atoms with E-state index < -0.39 is 0 Å². The van der Waals surface area contributed by atoms with E-state index >= 15 is 0 Å². The van der Waals surface area contributed by atoms with Crippen LogP contribution in [0.15, 0.2) is 66.7 Å². The summed E-state index contributed by atoms with van der Waals surface area (Å²) in [4.78, 5) is 12.1. The van der Waals surface area contributed by atoms with Crippen molar-refractivity contribution in [2.75, 3.05) is 17.7 Å². The number of rotatable bonds is 7. The van der Waals surface area contributed by atoms with E-state index in [2.05, 4.69) is 41.7 Å². The van der Waals surface area contributed by atoms with Gasteiger partial charge in [0.1, 0.15) is 5.75 Å². The Hall–Kier alpha value is -2.46. The van der Waals surface area contributed by atoms with Crippen molar-refractivity contribution in [2.45, 2.75) is 12.7 Å². The number of benzene rings is 3. The fraction of sp³-hybridized carbons (Fsp3) is 0.190. The fourth-order valence-electron chi connectivity index (χ4n) is 2.67. The number of amides is 1. The highest BCUT2D eigenvalue weighted by Crippen LogP contribution is 2.23. The first-order chi connectivity index (χ1) is 12.3. The third-order valence-corrected chi connectivity index (χ3v) is 4.80. The number of hydrogen-bond donors (Lipinski definition) is 1. The minimum Gasteiger partial charge on any atom is -0.494 e. The number of ether oxygens (including phenoxy) is 1. The third-order valence-electron chi connectivity index (χ3n) is 3.82. The number of anilines is 1. The Bertz CT molecular complexity index is 841. The lowest BCUT2D eigenvalue weighted by Crippen LogP contribution is -2.14. The Morgan fingerprint density at radius 1 is 1.00 bits per heavy atom. The van der Waals surface area contributed by atoms with Gasteiger partial charge in [-0.05, 0) is 47.5 Å². The maximum atomic E-state index is 12.1. The molecule has 0 unspecified atom stereocenters. The molecule has 0 aliphatic rings. The topological polar surface area (TPSA) is 38.3 Å². The van der Waals surface area contributed by atoms with Gasteiger partial charge in [0, 0.05) is 11.4 Å². The van der Waals surface area contributed by atoms with Gasteiger partial charge in [-0.1, -0.05) is 42.5 Å². The van der Waals surface area contributed by atoms with Crippen LogP contribution in [-0.2, 0) is 10.5 Å². The molecule has 0 aromatic heterocycles. The molecule has 0 saturated carbocycles. The number of carbonyl (C=O) groups excluding carboxylic acids is 1. The maximum Gasteiger partial charge on any atom is 0.234 e. The average molecular weight is 351 g/mol. The predicted molar refractivity (Wildman–Crippen MR) is 106 cm³/mol. The summed E-state index contributed by atoms with van der Waals surface area (Å²) in [5.74, 6) is 2.06. The van der Waals surface area contributed by atoms with Crippen molar-refractivity contribution >= 4 is 34.1 Å². The number of hydrogen-bond acceptors (Lipinski definition) is 3. The number of nitrogens with one attached hydrogen (secondary N) is 1. The molecule has 3 rings (SSSR count). The molecule has 25 heavy (non-hydrogen) atoms. The van der Waals surface area contributed by atoms with Gasteiger partial charge in [-0.15, -0.1) is 11.8 Å². The van der Waals surface area contributed by atoms with E-state index in [-0.39, 0.29) is 5.91 Å². The van der Waals surface area contributed by atoms with E-state index in [1.54, 1.807) is 11.8 Å². The van der Waals surface area contributed by atoms with Crippen molar-refractivity contribution in [2.24, 2.45) is 0 Å². The van der Waals surface area contributed by atoms with E-state index in [1.807, 2.05) is 37.3 Å². The number of carbonyl (C=O) groups is 1.